The summed E-state index contributed by atoms with van der Waals surface area (Å²) in [5, 5.41) is 6.58. The van der Waals surface area contributed by atoms with Crippen molar-refractivity contribution >= 4 is 30.7 Å². The molecule has 1 unspecified atom stereocenters. The normalized spacial score (nSPS) is 18.6. The van der Waals surface area contributed by atoms with Crippen LogP contribution in [0.1, 0.15) is 50.1 Å². The summed E-state index contributed by atoms with van der Waals surface area (Å²) < 4.78 is 5.39. The number of piperidine rings is 1. The minimum Gasteiger partial charge on any atom is -0.497 e. The molecule has 2 N–H and O–H groups in total. The zero-order valence-corrected chi connectivity index (χ0v) is 18.5. The molecule has 0 bridgehead atoms. The van der Waals surface area contributed by atoms with Gasteiger partial charge in [-0.15, -0.1) is 24.8 Å². The summed E-state index contributed by atoms with van der Waals surface area (Å²) in [5.74, 6) is 1.77. The van der Waals surface area contributed by atoms with Gasteiger partial charge in [0, 0.05) is 13.0 Å². The van der Waals surface area contributed by atoms with Crippen LogP contribution < -0.4 is 15.4 Å². The molecule has 5 nitrogen and oxygen atoms in total. The first-order valence-electron chi connectivity index (χ1n) is 10.1. The number of nitrogens with one attached hydrogen (secondary N) is 2. The van der Waals surface area contributed by atoms with E-state index in [-0.39, 0.29) is 36.8 Å². The Labute approximate surface area is 181 Å². The Morgan fingerprint density at radius 2 is 1.96 bits per heavy atom. The van der Waals surface area contributed by atoms with Gasteiger partial charge >= 0.3 is 0 Å². The first-order valence-corrected chi connectivity index (χ1v) is 10.1. The maximum Gasteiger partial charge on any atom is 0.220 e. The van der Waals surface area contributed by atoms with Crippen molar-refractivity contribution in [3.05, 3.63) is 29.8 Å². The van der Waals surface area contributed by atoms with Crippen LogP contribution in [0.15, 0.2) is 24.3 Å². The van der Waals surface area contributed by atoms with Crippen LogP contribution >= 0.6 is 24.8 Å². The molecular weight excluding hydrogens is 397 g/mol. The fourth-order valence-electron chi connectivity index (χ4n) is 4.16. The Balaban J connectivity index is 0.00000196. The lowest BCUT2D eigenvalue weighted by atomic mass is 9.93. The number of nitrogens with zero attached hydrogens (tertiary/aromatic N) is 1. The number of methoxy groups -OCH3 is 1. The van der Waals surface area contributed by atoms with Gasteiger partial charge < -0.3 is 15.4 Å². The van der Waals surface area contributed by atoms with E-state index >= 15 is 0 Å². The van der Waals surface area contributed by atoms with Crippen molar-refractivity contribution in [3.63, 3.8) is 0 Å². The third-order valence-electron chi connectivity index (χ3n) is 5.79. The molecule has 1 aromatic rings. The fourth-order valence-corrected chi connectivity index (χ4v) is 4.16. The Morgan fingerprint density at radius 3 is 2.64 bits per heavy atom. The molecule has 0 spiro atoms. The molecule has 160 valence electrons. The van der Waals surface area contributed by atoms with Crippen molar-refractivity contribution in [2.75, 3.05) is 39.8 Å². The quantitative estimate of drug-likeness (QED) is 0.660. The molecule has 0 saturated carbocycles. The summed E-state index contributed by atoms with van der Waals surface area (Å²) in [7, 11) is 1.70. The van der Waals surface area contributed by atoms with E-state index in [2.05, 4.69) is 27.7 Å². The average Bonchev–Trinajstić information content (AvgIpc) is 3.22. The van der Waals surface area contributed by atoms with Gasteiger partial charge in [0.15, 0.2) is 0 Å². The van der Waals surface area contributed by atoms with E-state index in [4.69, 9.17) is 4.74 Å². The first kappa shape index (κ1) is 25.0. The Hall–Kier alpha value is -1.01. The predicted molar refractivity (Wildman–Crippen MR) is 119 cm³/mol. The van der Waals surface area contributed by atoms with E-state index < -0.39 is 0 Å². The van der Waals surface area contributed by atoms with Crippen molar-refractivity contribution in [3.8, 4) is 5.75 Å². The van der Waals surface area contributed by atoms with Gasteiger partial charge in [-0.1, -0.05) is 12.1 Å². The summed E-state index contributed by atoms with van der Waals surface area (Å²) in [6.07, 6.45) is 6.55. The molecule has 0 aromatic heterocycles. The first-order chi connectivity index (χ1) is 12.8. The molecule has 1 amide bonds. The molecule has 2 aliphatic heterocycles. The number of ether oxygens (including phenoxy) is 1. The lowest BCUT2D eigenvalue weighted by Crippen LogP contribution is -2.37. The number of hydrogen-bond acceptors (Lipinski definition) is 4. The lowest BCUT2D eigenvalue weighted by Gasteiger charge is -2.28. The zero-order chi connectivity index (χ0) is 18.2. The highest BCUT2D eigenvalue weighted by Crippen LogP contribution is 2.27. The van der Waals surface area contributed by atoms with Gasteiger partial charge in [-0.3, -0.25) is 9.69 Å². The minimum absolute atomic E-state index is 0. The topological polar surface area (TPSA) is 53.6 Å². The molecule has 1 aromatic carbocycles. The van der Waals surface area contributed by atoms with Crippen LogP contribution in [0.2, 0.25) is 0 Å². The smallest absolute Gasteiger partial charge is 0.220 e. The third-order valence-corrected chi connectivity index (χ3v) is 5.79. The number of likely N-dealkylation sites (tertiary alicyclic amines) is 1. The molecule has 28 heavy (non-hydrogen) atoms. The van der Waals surface area contributed by atoms with E-state index in [9.17, 15) is 4.79 Å². The number of hydrogen-bond donors (Lipinski definition) is 2. The summed E-state index contributed by atoms with van der Waals surface area (Å²) in [4.78, 5) is 14.9. The van der Waals surface area contributed by atoms with Crippen molar-refractivity contribution in [2.45, 2.75) is 44.6 Å². The van der Waals surface area contributed by atoms with Crippen molar-refractivity contribution in [1.82, 2.24) is 15.5 Å². The van der Waals surface area contributed by atoms with Crippen molar-refractivity contribution < 1.29 is 9.53 Å². The number of rotatable bonds is 8. The van der Waals surface area contributed by atoms with E-state index in [1.807, 2.05) is 12.1 Å². The van der Waals surface area contributed by atoms with Crippen molar-refractivity contribution in [1.29, 1.82) is 0 Å². The van der Waals surface area contributed by atoms with E-state index in [1.165, 1.54) is 31.2 Å². The molecule has 0 radical (unpaired) electrons. The second-order valence-electron chi connectivity index (χ2n) is 7.57. The van der Waals surface area contributed by atoms with Crippen LogP contribution in [0.5, 0.6) is 5.75 Å². The van der Waals surface area contributed by atoms with Crippen LogP contribution in [-0.4, -0.2) is 50.6 Å². The zero-order valence-electron chi connectivity index (χ0n) is 16.8. The second-order valence-corrected chi connectivity index (χ2v) is 7.57. The molecule has 2 heterocycles. The van der Waals surface area contributed by atoms with Crippen LogP contribution in [0, 0.1) is 5.92 Å². The molecule has 2 aliphatic rings. The highest BCUT2D eigenvalue weighted by atomic mass is 35.5. The lowest BCUT2D eigenvalue weighted by molar-refractivity contribution is -0.121. The minimum atomic E-state index is 0. The van der Waals surface area contributed by atoms with Gasteiger partial charge in [0.05, 0.1) is 13.2 Å². The number of carbonyl (C=O) groups excluding carboxylic acids is 1. The van der Waals surface area contributed by atoms with Gasteiger partial charge in [-0.25, -0.2) is 0 Å². The molecule has 0 aliphatic carbocycles. The molecule has 7 heteroatoms. The van der Waals surface area contributed by atoms with Crippen LogP contribution in [0.4, 0.5) is 0 Å². The van der Waals surface area contributed by atoms with Crippen LogP contribution in [0.3, 0.4) is 0 Å². The van der Waals surface area contributed by atoms with Gasteiger partial charge in [-0.2, -0.15) is 0 Å². The summed E-state index contributed by atoms with van der Waals surface area (Å²) >= 11 is 0. The Morgan fingerprint density at radius 1 is 1.25 bits per heavy atom. The Bertz CT molecular complexity index is 577. The summed E-state index contributed by atoms with van der Waals surface area (Å²) in [5.41, 5.74) is 1.23. The predicted octanol–water partition coefficient (Wildman–Crippen LogP) is 3.57. The van der Waals surface area contributed by atoms with Gasteiger partial charge in [0.2, 0.25) is 5.91 Å². The average molecular weight is 432 g/mol. The molecule has 2 fully saturated rings. The van der Waals surface area contributed by atoms with Crippen LogP contribution in [-0.2, 0) is 4.79 Å². The summed E-state index contributed by atoms with van der Waals surface area (Å²) in [6, 6.07) is 8.49. The fraction of sp³-hybridized carbons (Fsp3) is 0.667. The SMILES string of the molecule is COc1cccc(C(CNC(=O)CCC2CCNCC2)N2CCCC2)c1.Cl.Cl. The maximum absolute atomic E-state index is 12.4. The van der Waals surface area contributed by atoms with E-state index in [0.29, 0.717) is 18.9 Å². The molecule has 3 rings (SSSR count). The highest BCUT2D eigenvalue weighted by molar-refractivity contribution is 5.85. The van der Waals surface area contributed by atoms with Gasteiger partial charge in [0.1, 0.15) is 5.75 Å². The monoisotopic (exact) mass is 431 g/mol. The molecule has 1 atom stereocenters. The number of halogens is 2. The molecular formula is C21H35Cl2N3O2. The van der Waals surface area contributed by atoms with Crippen molar-refractivity contribution in [2.24, 2.45) is 5.92 Å². The highest BCUT2D eigenvalue weighted by Gasteiger charge is 2.24. The number of benzene rings is 1. The summed E-state index contributed by atoms with van der Waals surface area (Å²) in [6.45, 7) is 5.08. The van der Waals surface area contributed by atoms with E-state index in [0.717, 1.165) is 38.3 Å². The maximum atomic E-state index is 12.4. The van der Waals surface area contributed by atoms with Gasteiger partial charge in [-0.05, 0) is 81.9 Å². The third kappa shape index (κ3) is 7.43. The Kier molecular flexibility index (Phi) is 11.8. The standard InChI is InChI=1S/C21H33N3O2.2ClH/c1-26-19-6-4-5-18(15-19)20(24-13-2-3-14-24)16-23-21(25)8-7-17-9-11-22-12-10-17;;/h4-6,15,17,20,22H,2-3,7-14,16H2,1H3,(H,23,25);2*1H. The van der Waals surface area contributed by atoms with E-state index in [1.54, 1.807) is 7.11 Å². The van der Waals surface area contributed by atoms with Crippen LogP contribution in [0.25, 0.3) is 0 Å². The second kappa shape index (κ2) is 13.3. The largest absolute Gasteiger partial charge is 0.497 e. The number of amides is 1. The number of carbonyl (C=O) groups is 1. The molecule has 2 saturated heterocycles. The van der Waals surface area contributed by atoms with Gasteiger partial charge in [0.25, 0.3) is 0 Å².